The SMILES string of the molecule is COC1=CC=C2CC1Oc1ccc(cc1)C[C@H]1c3cc(c(C)cc3CCN1C)Oc1c(OC)c(OC)c(Br)c3c1[C@H](C2)N(C)CC3. The Hall–Kier alpha value is -3.46. The van der Waals surface area contributed by atoms with Gasteiger partial charge in [0.25, 0.3) is 0 Å². The Kier molecular flexibility index (Phi) is 8.55. The van der Waals surface area contributed by atoms with Crippen LogP contribution in [-0.4, -0.2) is 64.4 Å². The summed E-state index contributed by atoms with van der Waals surface area (Å²) in [4.78, 5) is 4.90. The number of hydrogen-bond donors (Lipinski definition) is 0. The summed E-state index contributed by atoms with van der Waals surface area (Å²) in [7, 11) is 9.54. The molecular weight excluding hydrogens is 644 g/mol. The number of allylic oxidation sites excluding steroid dienone is 2. The van der Waals surface area contributed by atoms with Gasteiger partial charge in [-0.25, -0.2) is 0 Å². The van der Waals surface area contributed by atoms with Gasteiger partial charge in [-0.3, -0.25) is 9.80 Å². The number of nitrogens with zero attached hydrogens (tertiary/aromatic N) is 2. The van der Waals surface area contributed by atoms with Crippen molar-refractivity contribution in [2.24, 2.45) is 0 Å². The van der Waals surface area contributed by atoms with Gasteiger partial charge in [0, 0.05) is 37.2 Å². The second kappa shape index (κ2) is 12.6. The molecule has 0 N–H and O–H groups in total. The topological polar surface area (TPSA) is 52.6 Å². The monoisotopic (exact) mass is 686 g/mol. The number of methoxy groups -OCH3 is 3. The Morgan fingerprint density at radius 1 is 0.826 bits per heavy atom. The fourth-order valence-electron chi connectivity index (χ4n) is 7.68. The molecule has 4 heterocycles. The minimum atomic E-state index is -0.203. The van der Waals surface area contributed by atoms with Crippen molar-refractivity contribution in [2.75, 3.05) is 48.5 Å². The summed E-state index contributed by atoms with van der Waals surface area (Å²) >= 11 is 3.92. The van der Waals surface area contributed by atoms with Crippen LogP contribution >= 0.6 is 15.9 Å². The molecule has 242 valence electrons. The van der Waals surface area contributed by atoms with E-state index < -0.39 is 0 Å². The van der Waals surface area contributed by atoms with Crippen molar-refractivity contribution in [2.45, 2.75) is 57.2 Å². The Bertz CT molecular complexity index is 1720. The van der Waals surface area contributed by atoms with Gasteiger partial charge in [0.15, 0.2) is 17.6 Å². The molecule has 8 heteroatoms. The highest BCUT2D eigenvalue weighted by molar-refractivity contribution is 9.10. The van der Waals surface area contributed by atoms with Crippen LogP contribution < -0.4 is 18.9 Å². The summed E-state index contributed by atoms with van der Waals surface area (Å²) in [5.74, 6) is 4.54. The molecule has 0 aromatic heterocycles. The molecule has 0 spiro atoms. The third-order valence-electron chi connectivity index (χ3n) is 10.3. The van der Waals surface area contributed by atoms with Crippen molar-refractivity contribution in [3.8, 4) is 28.7 Å². The maximum atomic E-state index is 7.11. The molecule has 0 amide bonds. The van der Waals surface area contributed by atoms with Crippen molar-refractivity contribution in [1.29, 1.82) is 0 Å². The lowest BCUT2D eigenvalue weighted by atomic mass is 9.85. The normalized spacial score (nSPS) is 22.7. The number of rotatable bonds is 3. The van der Waals surface area contributed by atoms with Gasteiger partial charge in [0.1, 0.15) is 17.3 Å². The number of hydrogen-bond acceptors (Lipinski definition) is 7. The Balaban J connectivity index is 1.45. The lowest BCUT2D eigenvalue weighted by Crippen LogP contribution is -2.34. The molecule has 7 nitrogen and oxygen atoms in total. The second-order valence-electron chi connectivity index (χ2n) is 13.0. The smallest absolute Gasteiger partial charge is 0.205 e. The van der Waals surface area contributed by atoms with Gasteiger partial charge in [-0.2, -0.15) is 0 Å². The summed E-state index contributed by atoms with van der Waals surface area (Å²) in [5.41, 5.74) is 8.73. The van der Waals surface area contributed by atoms with E-state index in [4.69, 9.17) is 23.7 Å². The Labute approximate surface area is 280 Å². The third-order valence-corrected chi connectivity index (χ3v) is 11.1. The van der Waals surface area contributed by atoms with Gasteiger partial charge in [-0.15, -0.1) is 0 Å². The Morgan fingerprint density at radius 3 is 2.30 bits per heavy atom. The standard InChI is InChI=1S/C38H43BrN2O5/c1-22-17-25-13-15-40(2)29-18-23-7-10-26(11-8-23)45-33-20-24(9-12-31(33)42-4)19-30-34-27(14-16-41(30)3)35(39)37(43-5)38(44-6)36(34)46-32(22)21-28(25)29/h7-12,17,21,29-30,33H,13-16,18-20H2,1-6H3/t29-,30-,33?/m0/s1. The van der Waals surface area contributed by atoms with Crippen LogP contribution in [0.3, 0.4) is 0 Å². The van der Waals surface area contributed by atoms with Gasteiger partial charge >= 0.3 is 0 Å². The molecule has 0 saturated carbocycles. The van der Waals surface area contributed by atoms with Crippen molar-refractivity contribution in [1.82, 2.24) is 9.80 Å². The zero-order valence-electron chi connectivity index (χ0n) is 27.6. The highest BCUT2D eigenvalue weighted by Gasteiger charge is 2.37. The number of likely N-dealkylation sites (N-methyl/N-ethyl adjacent to an activating group) is 2. The second-order valence-corrected chi connectivity index (χ2v) is 13.8. The molecule has 5 aliphatic rings. The van der Waals surface area contributed by atoms with E-state index in [-0.39, 0.29) is 18.2 Å². The summed E-state index contributed by atoms with van der Waals surface area (Å²) < 4.78 is 32.5. The quantitative estimate of drug-likeness (QED) is 0.278. The highest BCUT2D eigenvalue weighted by Crippen LogP contribution is 2.55. The van der Waals surface area contributed by atoms with Crippen LogP contribution in [0.4, 0.5) is 0 Å². The van der Waals surface area contributed by atoms with Gasteiger partial charge in [0.2, 0.25) is 5.75 Å². The van der Waals surface area contributed by atoms with Crippen LogP contribution in [0.1, 0.15) is 58.3 Å². The molecule has 4 aliphatic heterocycles. The fraction of sp³-hybridized carbons (Fsp3) is 0.421. The molecule has 3 atom stereocenters. The molecule has 3 aromatic rings. The number of aryl methyl sites for hydroxylation is 1. The van der Waals surface area contributed by atoms with Crippen LogP contribution in [0.5, 0.6) is 28.7 Å². The van der Waals surface area contributed by atoms with Crippen LogP contribution in [0.15, 0.2) is 64.4 Å². The molecule has 0 radical (unpaired) electrons. The van der Waals surface area contributed by atoms with Gasteiger partial charge < -0.3 is 23.7 Å². The molecular formula is C38H43BrN2O5. The van der Waals surface area contributed by atoms with Crippen LogP contribution in [0.2, 0.25) is 0 Å². The van der Waals surface area contributed by atoms with Gasteiger partial charge in [-0.05, 0) is 115 Å². The van der Waals surface area contributed by atoms with E-state index in [1.165, 1.54) is 27.8 Å². The van der Waals surface area contributed by atoms with Crippen LogP contribution in [-0.2, 0) is 24.0 Å². The first-order valence-electron chi connectivity index (χ1n) is 16.2. The van der Waals surface area contributed by atoms with Crippen molar-refractivity contribution in [3.05, 3.63) is 97.7 Å². The molecule has 0 fully saturated rings. The summed E-state index contributed by atoms with van der Waals surface area (Å²) in [6.07, 6.45) is 8.38. The van der Waals surface area contributed by atoms with E-state index in [0.717, 1.165) is 83.8 Å². The number of halogens is 1. The van der Waals surface area contributed by atoms with Crippen molar-refractivity contribution < 1.29 is 23.7 Å². The van der Waals surface area contributed by atoms with Gasteiger partial charge in [-0.1, -0.05) is 29.8 Å². The zero-order valence-corrected chi connectivity index (χ0v) is 29.2. The average molecular weight is 688 g/mol. The number of fused-ring (bicyclic) bond motifs is 2. The molecule has 3 aromatic carbocycles. The first kappa shape index (κ1) is 31.2. The highest BCUT2D eigenvalue weighted by atomic mass is 79.9. The number of benzene rings is 3. The maximum absolute atomic E-state index is 7.11. The zero-order chi connectivity index (χ0) is 32.1. The summed E-state index contributed by atoms with van der Waals surface area (Å²) in [6, 6.07) is 13.5. The van der Waals surface area contributed by atoms with Crippen molar-refractivity contribution >= 4 is 15.9 Å². The lowest BCUT2D eigenvalue weighted by Gasteiger charge is -2.39. The predicted molar refractivity (Wildman–Crippen MR) is 184 cm³/mol. The third kappa shape index (κ3) is 5.48. The average Bonchev–Trinajstić information content (AvgIpc) is 3.05. The Morgan fingerprint density at radius 2 is 1.57 bits per heavy atom. The molecule has 1 aliphatic carbocycles. The van der Waals surface area contributed by atoms with E-state index >= 15 is 0 Å². The minimum Gasteiger partial charge on any atom is -0.497 e. The number of ether oxygens (including phenoxy) is 5. The van der Waals surface area contributed by atoms with Crippen LogP contribution in [0, 0.1) is 6.92 Å². The molecule has 0 saturated heterocycles. The molecule has 8 rings (SSSR count). The fourth-order valence-corrected chi connectivity index (χ4v) is 8.43. The van der Waals surface area contributed by atoms with Gasteiger partial charge in [0.05, 0.1) is 25.8 Å². The van der Waals surface area contributed by atoms with E-state index in [9.17, 15) is 0 Å². The minimum absolute atomic E-state index is 0.0502. The first-order valence-corrected chi connectivity index (χ1v) is 17.0. The molecule has 6 bridgehead atoms. The first-order chi connectivity index (χ1) is 22.3. The van der Waals surface area contributed by atoms with E-state index in [1.54, 1.807) is 21.3 Å². The van der Waals surface area contributed by atoms with E-state index in [0.29, 0.717) is 11.5 Å². The van der Waals surface area contributed by atoms with E-state index in [2.05, 4.69) is 95.3 Å². The molecule has 46 heavy (non-hydrogen) atoms. The largest absolute Gasteiger partial charge is 0.497 e. The predicted octanol–water partition coefficient (Wildman–Crippen LogP) is 7.88. The lowest BCUT2D eigenvalue weighted by molar-refractivity contribution is 0.141. The summed E-state index contributed by atoms with van der Waals surface area (Å²) in [6.45, 7) is 4.08. The van der Waals surface area contributed by atoms with Crippen LogP contribution in [0.25, 0.3) is 0 Å². The van der Waals surface area contributed by atoms with Crippen molar-refractivity contribution in [3.63, 3.8) is 0 Å². The molecule has 1 unspecified atom stereocenters. The summed E-state index contributed by atoms with van der Waals surface area (Å²) in [5, 5.41) is 0. The van der Waals surface area contributed by atoms with E-state index in [1.807, 2.05) is 0 Å². The maximum Gasteiger partial charge on any atom is 0.205 e.